The normalized spacial score (nSPS) is 9.83. The topological polar surface area (TPSA) is 74.7 Å². The molecule has 0 fully saturated rings. The van der Waals surface area contributed by atoms with Gasteiger partial charge in [0, 0.05) is 0 Å². The van der Waals surface area contributed by atoms with Crippen molar-refractivity contribution in [1.29, 1.82) is 5.26 Å². The van der Waals surface area contributed by atoms with Gasteiger partial charge in [0.05, 0.1) is 16.9 Å². The van der Waals surface area contributed by atoms with E-state index in [9.17, 15) is 4.39 Å². The van der Waals surface area contributed by atoms with Crippen molar-refractivity contribution in [3.8, 4) is 6.07 Å². The molecule has 0 saturated heterocycles. The SMILES string of the molecule is N#Cc1cc(F)ccc1Nc1nc(Cl)ccc1N. The summed E-state index contributed by atoms with van der Waals surface area (Å²) in [5, 5.41) is 12.0. The second kappa shape index (κ2) is 4.90. The summed E-state index contributed by atoms with van der Waals surface area (Å²) in [6.45, 7) is 0. The van der Waals surface area contributed by atoms with Gasteiger partial charge in [0.15, 0.2) is 5.82 Å². The van der Waals surface area contributed by atoms with Crippen molar-refractivity contribution in [2.75, 3.05) is 11.1 Å². The van der Waals surface area contributed by atoms with Crippen LogP contribution in [0.5, 0.6) is 0 Å². The molecule has 0 unspecified atom stereocenters. The Morgan fingerprint density at radius 1 is 1.33 bits per heavy atom. The Morgan fingerprint density at radius 3 is 2.83 bits per heavy atom. The third-order valence-corrected chi connectivity index (χ3v) is 2.46. The minimum Gasteiger partial charge on any atom is -0.396 e. The summed E-state index contributed by atoms with van der Waals surface area (Å²) in [5.74, 6) is -0.158. The molecule has 0 aliphatic rings. The fourth-order valence-electron chi connectivity index (χ4n) is 1.39. The van der Waals surface area contributed by atoms with Gasteiger partial charge in [0.2, 0.25) is 0 Å². The van der Waals surface area contributed by atoms with Gasteiger partial charge in [-0.05, 0) is 30.3 Å². The molecule has 0 spiro atoms. The van der Waals surface area contributed by atoms with Crippen molar-refractivity contribution < 1.29 is 4.39 Å². The third kappa shape index (κ3) is 2.50. The van der Waals surface area contributed by atoms with E-state index in [1.54, 1.807) is 12.1 Å². The maximum atomic E-state index is 13.0. The van der Waals surface area contributed by atoms with E-state index in [1.807, 2.05) is 6.07 Å². The first-order valence-corrected chi connectivity index (χ1v) is 5.36. The number of anilines is 3. The highest BCUT2D eigenvalue weighted by Crippen LogP contribution is 2.25. The zero-order valence-electron chi connectivity index (χ0n) is 9.11. The first-order valence-electron chi connectivity index (χ1n) is 4.99. The summed E-state index contributed by atoms with van der Waals surface area (Å²) >= 11 is 5.75. The van der Waals surface area contributed by atoms with Gasteiger partial charge < -0.3 is 11.1 Å². The van der Waals surface area contributed by atoms with E-state index in [2.05, 4.69) is 10.3 Å². The van der Waals surface area contributed by atoms with Gasteiger partial charge in [-0.15, -0.1) is 0 Å². The van der Waals surface area contributed by atoms with Crippen LogP contribution in [0, 0.1) is 17.1 Å². The second-order valence-electron chi connectivity index (χ2n) is 3.50. The average molecular weight is 263 g/mol. The molecule has 0 aliphatic carbocycles. The lowest BCUT2D eigenvalue weighted by molar-refractivity contribution is 0.627. The van der Waals surface area contributed by atoms with E-state index in [0.29, 0.717) is 17.2 Å². The Hall–Kier alpha value is -2.32. The van der Waals surface area contributed by atoms with Crippen LogP contribution in [0.15, 0.2) is 30.3 Å². The van der Waals surface area contributed by atoms with E-state index in [-0.39, 0.29) is 10.7 Å². The van der Waals surface area contributed by atoms with Crippen LogP contribution in [0.4, 0.5) is 21.6 Å². The molecular formula is C12H8ClFN4. The number of hydrogen-bond acceptors (Lipinski definition) is 4. The highest BCUT2D eigenvalue weighted by molar-refractivity contribution is 6.29. The molecule has 0 amide bonds. The predicted octanol–water partition coefficient (Wildman–Crippen LogP) is 3.07. The molecule has 1 aromatic carbocycles. The van der Waals surface area contributed by atoms with E-state index >= 15 is 0 Å². The van der Waals surface area contributed by atoms with Gasteiger partial charge in [-0.2, -0.15) is 5.26 Å². The van der Waals surface area contributed by atoms with Crippen LogP contribution in [0.25, 0.3) is 0 Å². The molecule has 0 aliphatic heterocycles. The molecular weight excluding hydrogens is 255 g/mol. The Balaban J connectivity index is 2.40. The molecule has 18 heavy (non-hydrogen) atoms. The van der Waals surface area contributed by atoms with Gasteiger partial charge in [-0.3, -0.25) is 0 Å². The number of nitrogens with one attached hydrogen (secondary N) is 1. The zero-order valence-corrected chi connectivity index (χ0v) is 9.87. The number of halogens is 2. The Morgan fingerprint density at radius 2 is 2.11 bits per heavy atom. The van der Waals surface area contributed by atoms with Gasteiger partial charge in [-0.1, -0.05) is 11.6 Å². The van der Waals surface area contributed by atoms with Crippen molar-refractivity contribution in [3.63, 3.8) is 0 Å². The van der Waals surface area contributed by atoms with Gasteiger partial charge in [-0.25, -0.2) is 9.37 Å². The molecule has 0 atom stereocenters. The van der Waals surface area contributed by atoms with Gasteiger partial charge in [0.1, 0.15) is 17.0 Å². The van der Waals surface area contributed by atoms with Crippen molar-refractivity contribution >= 4 is 28.8 Å². The monoisotopic (exact) mass is 262 g/mol. The lowest BCUT2D eigenvalue weighted by atomic mass is 10.2. The predicted molar refractivity (Wildman–Crippen MR) is 68.1 cm³/mol. The lowest BCUT2D eigenvalue weighted by Gasteiger charge is -2.09. The molecule has 6 heteroatoms. The largest absolute Gasteiger partial charge is 0.396 e. The number of hydrogen-bond donors (Lipinski definition) is 2. The van der Waals surface area contributed by atoms with Crippen molar-refractivity contribution in [1.82, 2.24) is 4.98 Å². The summed E-state index contributed by atoms with van der Waals surface area (Å²) < 4.78 is 13.0. The molecule has 2 rings (SSSR count). The number of benzene rings is 1. The van der Waals surface area contributed by atoms with Crippen LogP contribution in [0.1, 0.15) is 5.56 Å². The number of nitrogen functional groups attached to an aromatic ring is 1. The van der Waals surface area contributed by atoms with Crippen LogP contribution in [-0.2, 0) is 0 Å². The molecule has 2 aromatic rings. The van der Waals surface area contributed by atoms with E-state index in [0.717, 1.165) is 6.07 Å². The Kier molecular flexibility index (Phi) is 3.31. The minimum absolute atomic E-state index is 0.163. The number of nitrogens with two attached hydrogens (primary N) is 1. The number of nitrogens with zero attached hydrogens (tertiary/aromatic N) is 2. The van der Waals surface area contributed by atoms with Crippen molar-refractivity contribution in [2.45, 2.75) is 0 Å². The van der Waals surface area contributed by atoms with E-state index in [1.165, 1.54) is 12.1 Å². The molecule has 0 bridgehead atoms. The van der Waals surface area contributed by atoms with E-state index in [4.69, 9.17) is 22.6 Å². The van der Waals surface area contributed by atoms with Crippen LogP contribution < -0.4 is 11.1 Å². The first-order chi connectivity index (χ1) is 8.60. The number of aromatic nitrogens is 1. The summed E-state index contributed by atoms with van der Waals surface area (Å²) in [6, 6.07) is 8.84. The Bertz CT molecular complexity index is 636. The molecule has 90 valence electrons. The van der Waals surface area contributed by atoms with Gasteiger partial charge in [0.25, 0.3) is 0 Å². The molecule has 4 nitrogen and oxygen atoms in total. The summed E-state index contributed by atoms with van der Waals surface area (Å²) in [5.41, 5.74) is 6.68. The minimum atomic E-state index is -0.482. The first kappa shape index (κ1) is 12.1. The standard InChI is InChI=1S/C12H8ClFN4/c13-11-4-2-9(16)12(18-11)17-10-3-1-8(14)5-7(10)6-15/h1-5H,16H2,(H,17,18). The smallest absolute Gasteiger partial charge is 0.155 e. The number of nitriles is 1. The lowest BCUT2D eigenvalue weighted by Crippen LogP contribution is -2.01. The molecule has 1 heterocycles. The fourth-order valence-corrected chi connectivity index (χ4v) is 1.54. The highest BCUT2D eigenvalue weighted by atomic mass is 35.5. The molecule has 0 saturated carbocycles. The highest BCUT2D eigenvalue weighted by Gasteiger charge is 2.07. The maximum absolute atomic E-state index is 13.0. The molecule has 3 N–H and O–H groups in total. The summed E-state index contributed by atoms with van der Waals surface area (Å²) in [7, 11) is 0. The molecule has 0 radical (unpaired) electrons. The van der Waals surface area contributed by atoms with Crippen LogP contribution in [-0.4, -0.2) is 4.98 Å². The summed E-state index contributed by atoms with van der Waals surface area (Å²) in [4.78, 5) is 3.99. The van der Waals surface area contributed by atoms with Crippen LogP contribution in [0.2, 0.25) is 5.15 Å². The van der Waals surface area contributed by atoms with Crippen LogP contribution >= 0.6 is 11.6 Å². The number of rotatable bonds is 2. The maximum Gasteiger partial charge on any atom is 0.155 e. The zero-order chi connectivity index (χ0) is 13.1. The van der Waals surface area contributed by atoms with Crippen molar-refractivity contribution in [3.05, 3.63) is 46.9 Å². The molecule has 1 aromatic heterocycles. The van der Waals surface area contributed by atoms with Crippen molar-refractivity contribution in [2.24, 2.45) is 0 Å². The number of pyridine rings is 1. The van der Waals surface area contributed by atoms with Crippen LogP contribution in [0.3, 0.4) is 0 Å². The van der Waals surface area contributed by atoms with Gasteiger partial charge >= 0.3 is 0 Å². The average Bonchev–Trinajstić information content (AvgIpc) is 2.36. The Labute approximate surface area is 108 Å². The van der Waals surface area contributed by atoms with E-state index < -0.39 is 5.82 Å². The quantitative estimate of drug-likeness (QED) is 0.816. The third-order valence-electron chi connectivity index (χ3n) is 2.25. The second-order valence-corrected chi connectivity index (χ2v) is 3.89. The fraction of sp³-hybridized carbons (Fsp3) is 0. The summed E-state index contributed by atoms with van der Waals surface area (Å²) in [6.07, 6.45) is 0.